The van der Waals surface area contributed by atoms with Crippen molar-refractivity contribution in [2.24, 2.45) is 0 Å². The molecule has 0 unspecified atom stereocenters. The van der Waals surface area contributed by atoms with Crippen molar-refractivity contribution in [1.82, 2.24) is 19.9 Å². The van der Waals surface area contributed by atoms with Gasteiger partial charge in [-0.15, -0.1) is 13.2 Å². The first kappa shape index (κ1) is 19.3. The van der Waals surface area contributed by atoms with Crippen molar-refractivity contribution in [2.75, 3.05) is 5.32 Å². The summed E-state index contributed by atoms with van der Waals surface area (Å²) in [4.78, 5) is 17.5. The molecule has 4 aromatic rings. The molecule has 0 aliphatic carbocycles. The molecule has 0 aliphatic rings. The molecule has 3 heterocycles. The Labute approximate surface area is 169 Å². The zero-order valence-corrected chi connectivity index (χ0v) is 15.3. The minimum atomic E-state index is -4.74. The summed E-state index contributed by atoms with van der Waals surface area (Å²) in [6, 6.07) is 16.2. The van der Waals surface area contributed by atoms with Crippen LogP contribution in [0.3, 0.4) is 0 Å². The number of ether oxygens (including phenoxy) is 1. The summed E-state index contributed by atoms with van der Waals surface area (Å²) in [7, 11) is 0. The number of rotatable bonds is 5. The minimum Gasteiger partial charge on any atom is -0.406 e. The largest absolute Gasteiger partial charge is 0.573 e. The van der Waals surface area contributed by atoms with Gasteiger partial charge in [-0.2, -0.15) is 0 Å². The first-order valence-corrected chi connectivity index (χ1v) is 8.80. The van der Waals surface area contributed by atoms with Crippen LogP contribution < -0.4 is 10.1 Å². The SMILES string of the molecule is FC(F)(F)Oc1ccc(Nc2cc(-c3cccnc3)nc(-c3ccccn3)n2)cc1. The van der Waals surface area contributed by atoms with E-state index in [-0.39, 0.29) is 5.75 Å². The molecule has 1 N–H and O–H groups in total. The number of nitrogens with one attached hydrogen (secondary N) is 1. The molecule has 3 aromatic heterocycles. The van der Waals surface area contributed by atoms with Gasteiger partial charge in [0.05, 0.1) is 5.69 Å². The maximum atomic E-state index is 12.3. The van der Waals surface area contributed by atoms with Crippen LogP contribution in [0.5, 0.6) is 5.75 Å². The highest BCUT2D eigenvalue weighted by atomic mass is 19.4. The van der Waals surface area contributed by atoms with E-state index in [9.17, 15) is 13.2 Å². The van der Waals surface area contributed by atoms with Crippen molar-refractivity contribution in [2.45, 2.75) is 6.36 Å². The maximum absolute atomic E-state index is 12.3. The van der Waals surface area contributed by atoms with Gasteiger partial charge in [0.25, 0.3) is 0 Å². The molecule has 4 rings (SSSR count). The first-order chi connectivity index (χ1) is 14.5. The molecule has 0 fully saturated rings. The van der Waals surface area contributed by atoms with E-state index in [0.717, 1.165) is 5.56 Å². The molecule has 0 atom stereocenters. The fourth-order valence-electron chi connectivity index (χ4n) is 2.67. The summed E-state index contributed by atoms with van der Waals surface area (Å²) in [6.45, 7) is 0. The Balaban J connectivity index is 1.67. The molecule has 6 nitrogen and oxygen atoms in total. The lowest BCUT2D eigenvalue weighted by Crippen LogP contribution is -2.16. The highest BCUT2D eigenvalue weighted by molar-refractivity contribution is 5.68. The fraction of sp³-hybridized carbons (Fsp3) is 0.0476. The molecular formula is C21H14F3N5O. The standard InChI is InChI=1S/C21H14F3N5O/c22-21(23,24)30-16-8-6-15(7-9-16)27-19-12-18(14-4-3-10-25-13-14)28-20(29-19)17-5-1-2-11-26-17/h1-13H,(H,27,28,29). The third kappa shape index (κ3) is 4.88. The smallest absolute Gasteiger partial charge is 0.406 e. The second kappa shape index (κ2) is 8.16. The van der Waals surface area contributed by atoms with Crippen LogP contribution in [0, 0.1) is 0 Å². The van der Waals surface area contributed by atoms with Crippen molar-refractivity contribution in [1.29, 1.82) is 0 Å². The Kier molecular flexibility index (Phi) is 5.25. The highest BCUT2D eigenvalue weighted by Crippen LogP contribution is 2.27. The predicted molar refractivity (Wildman–Crippen MR) is 105 cm³/mol. The topological polar surface area (TPSA) is 72.8 Å². The number of nitrogens with zero attached hydrogens (tertiary/aromatic N) is 4. The summed E-state index contributed by atoms with van der Waals surface area (Å²) in [5.41, 5.74) is 2.53. The third-order valence-corrected chi connectivity index (χ3v) is 3.94. The van der Waals surface area contributed by atoms with Crippen LogP contribution in [0.25, 0.3) is 22.8 Å². The number of anilines is 2. The van der Waals surface area contributed by atoms with Crippen LogP contribution in [0.1, 0.15) is 0 Å². The molecule has 9 heteroatoms. The normalized spacial score (nSPS) is 11.2. The lowest BCUT2D eigenvalue weighted by molar-refractivity contribution is -0.274. The monoisotopic (exact) mass is 409 g/mol. The Morgan fingerprint density at radius 2 is 1.67 bits per heavy atom. The van der Waals surface area contributed by atoms with E-state index in [1.807, 2.05) is 12.1 Å². The lowest BCUT2D eigenvalue weighted by Gasteiger charge is -2.12. The van der Waals surface area contributed by atoms with Crippen LogP contribution in [0.4, 0.5) is 24.7 Å². The van der Waals surface area contributed by atoms with E-state index in [1.54, 1.807) is 42.9 Å². The van der Waals surface area contributed by atoms with Crippen molar-refractivity contribution in [3.8, 4) is 28.5 Å². The van der Waals surface area contributed by atoms with E-state index in [2.05, 4.69) is 30.0 Å². The van der Waals surface area contributed by atoms with Gasteiger partial charge in [-0.25, -0.2) is 9.97 Å². The van der Waals surface area contributed by atoms with Gasteiger partial charge in [0, 0.05) is 35.9 Å². The maximum Gasteiger partial charge on any atom is 0.573 e. The summed E-state index contributed by atoms with van der Waals surface area (Å²) >= 11 is 0. The van der Waals surface area contributed by atoms with Crippen molar-refractivity contribution in [3.05, 3.63) is 79.3 Å². The van der Waals surface area contributed by atoms with Crippen LogP contribution >= 0.6 is 0 Å². The molecule has 30 heavy (non-hydrogen) atoms. The Bertz CT molecular complexity index is 1060. The molecule has 0 radical (unpaired) electrons. The lowest BCUT2D eigenvalue weighted by atomic mass is 10.2. The molecule has 0 aliphatic heterocycles. The number of alkyl halides is 3. The molecule has 1 aromatic carbocycles. The first-order valence-electron chi connectivity index (χ1n) is 8.80. The summed E-state index contributed by atoms with van der Waals surface area (Å²) < 4.78 is 40.9. The molecule has 0 saturated heterocycles. The number of benzene rings is 1. The van der Waals surface area contributed by atoms with Gasteiger partial charge in [-0.3, -0.25) is 9.97 Å². The van der Waals surface area contributed by atoms with Crippen LogP contribution in [0.2, 0.25) is 0 Å². The minimum absolute atomic E-state index is 0.305. The molecule has 0 saturated carbocycles. The Hall–Kier alpha value is -4.01. The average molecular weight is 409 g/mol. The molecule has 0 spiro atoms. The van der Waals surface area contributed by atoms with E-state index < -0.39 is 6.36 Å². The zero-order chi connectivity index (χ0) is 21.0. The van der Waals surface area contributed by atoms with Crippen molar-refractivity contribution in [3.63, 3.8) is 0 Å². The van der Waals surface area contributed by atoms with E-state index in [1.165, 1.54) is 24.3 Å². The average Bonchev–Trinajstić information content (AvgIpc) is 2.75. The van der Waals surface area contributed by atoms with Crippen molar-refractivity contribution < 1.29 is 17.9 Å². The van der Waals surface area contributed by atoms with Gasteiger partial charge < -0.3 is 10.1 Å². The van der Waals surface area contributed by atoms with Gasteiger partial charge in [-0.05, 0) is 48.5 Å². The van der Waals surface area contributed by atoms with Gasteiger partial charge in [0.1, 0.15) is 17.3 Å². The third-order valence-electron chi connectivity index (χ3n) is 3.94. The van der Waals surface area contributed by atoms with Gasteiger partial charge in [-0.1, -0.05) is 6.07 Å². The molecule has 0 amide bonds. The fourth-order valence-corrected chi connectivity index (χ4v) is 2.67. The van der Waals surface area contributed by atoms with E-state index in [0.29, 0.717) is 28.7 Å². The van der Waals surface area contributed by atoms with Gasteiger partial charge in [0.15, 0.2) is 5.82 Å². The number of hydrogen-bond acceptors (Lipinski definition) is 6. The van der Waals surface area contributed by atoms with Gasteiger partial charge in [0.2, 0.25) is 0 Å². The van der Waals surface area contributed by atoms with Gasteiger partial charge >= 0.3 is 6.36 Å². The van der Waals surface area contributed by atoms with E-state index in [4.69, 9.17) is 0 Å². The van der Waals surface area contributed by atoms with Crippen molar-refractivity contribution >= 4 is 11.5 Å². The second-order valence-corrected chi connectivity index (χ2v) is 6.12. The number of hydrogen-bond donors (Lipinski definition) is 1. The number of halogens is 3. The zero-order valence-electron chi connectivity index (χ0n) is 15.3. The predicted octanol–water partition coefficient (Wildman–Crippen LogP) is 5.24. The quantitative estimate of drug-likeness (QED) is 0.486. The van der Waals surface area contributed by atoms with E-state index >= 15 is 0 Å². The molecule has 150 valence electrons. The summed E-state index contributed by atoms with van der Waals surface area (Å²) in [6.07, 6.45) is 0.241. The highest BCUT2D eigenvalue weighted by Gasteiger charge is 2.30. The Morgan fingerprint density at radius 1 is 0.833 bits per heavy atom. The number of aromatic nitrogens is 4. The number of pyridine rings is 2. The summed E-state index contributed by atoms with van der Waals surface area (Å²) in [5.74, 6) is 0.548. The molecular weight excluding hydrogens is 395 g/mol. The van der Waals surface area contributed by atoms with Crippen LogP contribution in [-0.2, 0) is 0 Å². The Morgan fingerprint density at radius 3 is 2.33 bits per heavy atom. The van der Waals surface area contributed by atoms with Crippen LogP contribution in [-0.4, -0.2) is 26.3 Å². The summed E-state index contributed by atoms with van der Waals surface area (Å²) in [5, 5.41) is 3.08. The molecule has 0 bridgehead atoms. The second-order valence-electron chi connectivity index (χ2n) is 6.12. The van der Waals surface area contributed by atoms with Crippen LogP contribution in [0.15, 0.2) is 79.3 Å².